The molecule has 136 valence electrons. The Hall–Kier alpha value is -1.77. The van der Waals surface area contributed by atoms with E-state index in [9.17, 15) is 20.1 Å². The largest absolute Gasteiger partial charge is 0.466 e. The van der Waals surface area contributed by atoms with E-state index in [0.717, 1.165) is 5.56 Å². The van der Waals surface area contributed by atoms with Gasteiger partial charge >= 0.3 is 5.97 Å². The molecule has 3 rings (SSSR count). The zero-order chi connectivity index (χ0) is 18.0. The van der Waals surface area contributed by atoms with Gasteiger partial charge in [0.25, 0.3) is 0 Å². The van der Waals surface area contributed by atoms with Crippen molar-refractivity contribution in [2.45, 2.75) is 43.0 Å². The number of methoxy groups -OCH3 is 1. The number of carbonyl (C=O) groups excluding carboxylic acids is 1. The molecule has 2 heterocycles. The maximum absolute atomic E-state index is 11.7. The Bertz CT molecular complexity index is 630. The Kier molecular flexibility index (Phi) is 5.51. The van der Waals surface area contributed by atoms with E-state index in [1.165, 1.54) is 13.2 Å². The SMILES string of the molecule is COC(=O)/C=C(\C[C@@H]1OC2C(O)CO[C@@H]2C(O)C1O)c1ccccc1. The van der Waals surface area contributed by atoms with Crippen LogP contribution in [-0.4, -0.2) is 71.6 Å². The normalized spacial score (nSPS) is 35.3. The van der Waals surface area contributed by atoms with E-state index in [-0.39, 0.29) is 13.0 Å². The van der Waals surface area contributed by atoms with Gasteiger partial charge in [-0.2, -0.15) is 0 Å². The molecular weight excluding hydrogens is 328 g/mol. The van der Waals surface area contributed by atoms with E-state index in [1.54, 1.807) is 0 Å². The number of benzene rings is 1. The van der Waals surface area contributed by atoms with Crippen LogP contribution in [0.2, 0.25) is 0 Å². The van der Waals surface area contributed by atoms with E-state index in [0.29, 0.717) is 5.57 Å². The molecule has 7 heteroatoms. The molecule has 0 saturated carbocycles. The summed E-state index contributed by atoms with van der Waals surface area (Å²) in [5.74, 6) is -0.521. The summed E-state index contributed by atoms with van der Waals surface area (Å²) in [5, 5.41) is 30.6. The van der Waals surface area contributed by atoms with Crippen molar-refractivity contribution in [2.24, 2.45) is 0 Å². The van der Waals surface area contributed by atoms with Crippen LogP contribution >= 0.6 is 0 Å². The topological polar surface area (TPSA) is 105 Å². The third kappa shape index (κ3) is 3.75. The van der Waals surface area contributed by atoms with Crippen molar-refractivity contribution < 1.29 is 34.3 Å². The van der Waals surface area contributed by atoms with Crippen LogP contribution in [0.15, 0.2) is 36.4 Å². The zero-order valence-electron chi connectivity index (χ0n) is 13.8. The van der Waals surface area contributed by atoms with Crippen molar-refractivity contribution in [1.29, 1.82) is 0 Å². The molecule has 25 heavy (non-hydrogen) atoms. The molecular formula is C18H22O7. The highest BCUT2D eigenvalue weighted by molar-refractivity contribution is 5.91. The van der Waals surface area contributed by atoms with Crippen molar-refractivity contribution in [2.75, 3.05) is 13.7 Å². The average Bonchev–Trinajstić information content (AvgIpc) is 3.00. The van der Waals surface area contributed by atoms with Gasteiger partial charge in [-0.05, 0) is 11.1 Å². The molecule has 2 fully saturated rings. The summed E-state index contributed by atoms with van der Waals surface area (Å²) in [6.07, 6.45) is -3.97. The standard InChI is InChI=1S/C18H22O7/c1-23-14(20)8-11(10-5-3-2-4-6-10)7-13-15(21)16(22)18-17(25-13)12(19)9-24-18/h2-6,8,12-13,15-19,21-22H,7,9H2,1H3/b11-8+/t12?,13-,15?,16?,17?,18+/m0/s1. The van der Waals surface area contributed by atoms with Crippen LogP contribution in [0.5, 0.6) is 0 Å². The molecule has 2 saturated heterocycles. The summed E-state index contributed by atoms with van der Waals surface area (Å²) < 4.78 is 15.8. The fourth-order valence-electron chi connectivity index (χ4n) is 3.28. The minimum absolute atomic E-state index is 0.0510. The van der Waals surface area contributed by atoms with Gasteiger partial charge in [0.1, 0.15) is 30.5 Å². The van der Waals surface area contributed by atoms with Crippen LogP contribution in [0.1, 0.15) is 12.0 Å². The number of fused-ring (bicyclic) bond motifs is 1. The quantitative estimate of drug-likeness (QED) is 0.514. The maximum atomic E-state index is 11.7. The first-order chi connectivity index (χ1) is 12.0. The first kappa shape index (κ1) is 18.0. The van der Waals surface area contributed by atoms with E-state index in [2.05, 4.69) is 0 Å². The predicted molar refractivity (Wildman–Crippen MR) is 87.5 cm³/mol. The fraction of sp³-hybridized carbons (Fsp3) is 0.500. The maximum Gasteiger partial charge on any atom is 0.330 e. The number of esters is 1. The van der Waals surface area contributed by atoms with Gasteiger partial charge in [-0.25, -0.2) is 4.79 Å². The van der Waals surface area contributed by atoms with Gasteiger partial charge in [0.2, 0.25) is 0 Å². The van der Waals surface area contributed by atoms with Gasteiger partial charge in [-0.1, -0.05) is 30.3 Å². The Morgan fingerprint density at radius 3 is 2.60 bits per heavy atom. The number of rotatable bonds is 4. The van der Waals surface area contributed by atoms with Crippen molar-refractivity contribution in [3.05, 3.63) is 42.0 Å². The Morgan fingerprint density at radius 2 is 1.92 bits per heavy atom. The van der Waals surface area contributed by atoms with E-state index < -0.39 is 42.6 Å². The summed E-state index contributed by atoms with van der Waals surface area (Å²) in [6, 6.07) is 9.18. The molecule has 0 amide bonds. The molecule has 0 spiro atoms. The highest BCUT2D eigenvalue weighted by atomic mass is 16.6. The average molecular weight is 350 g/mol. The van der Waals surface area contributed by atoms with Crippen LogP contribution < -0.4 is 0 Å². The molecule has 3 N–H and O–H groups in total. The number of aliphatic hydroxyl groups excluding tert-OH is 3. The summed E-state index contributed by atoms with van der Waals surface area (Å²) in [6.45, 7) is 0.0510. The lowest BCUT2D eigenvalue weighted by molar-refractivity contribution is -0.213. The monoisotopic (exact) mass is 350 g/mol. The van der Waals surface area contributed by atoms with E-state index >= 15 is 0 Å². The molecule has 1 aromatic rings. The zero-order valence-corrected chi connectivity index (χ0v) is 13.8. The molecule has 0 aromatic heterocycles. The van der Waals surface area contributed by atoms with Gasteiger partial charge in [0.05, 0.1) is 19.8 Å². The van der Waals surface area contributed by atoms with Gasteiger partial charge in [-0.3, -0.25) is 0 Å². The van der Waals surface area contributed by atoms with Crippen LogP contribution in [0.3, 0.4) is 0 Å². The highest BCUT2D eigenvalue weighted by Crippen LogP contribution is 2.34. The molecule has 7 nitrogen and oxygen atoms in total. The molecule has 0 bridgehead atoms. The lowest BCUT2D eigenvalue weighted by Gasteiger charge is -2.40. The molecule has 0 aliphatic carbocycles. The number of hydrogen-bond donors (Lipinski definition) is 3. The first-order valence-corrected chi connectivity index (χ1v) is 8.16. The second-order valence-corrected chi connectivity index (χ2v) is 6.25. The third-order valence-corrected chi connectivity index (χ3v) is 4.62. The minimum Gasteiger partial charge on any atom is -0.466 e. The van der Waals surface area contributed by atoms with Gasteiger partial charge in [0, 0.05) is 12.5 Å². The van der Waals surface area contributed by atoms with Gasteiger partial charge in [0.15, 0.2) is 0 Å². The smallest absolute Gasteiger partial charge is 0.330 e. The summed E-state index contributed by atoms with van der Waals surface area (Å²) in [4.78, 5) is 11.7. The lowest BCUT2D eigenvalue weighted by atomic mass is 9.89. The Labute approximate surface area is 145 Å². The van der Waals surface area contributed by atoms with Crippen LogP contribution in [0, 0.1) is 0 Å². The predicted octanol–water partition coefficient (Wildman–Crippen LogP) is -0.118. The van der Waals surface area contributed by atoms with Crippen molar-refractivity contribution in [1.82, 2.24) is 0 Å². The molecule has 2 aliphatic heterocycles. The molecule has 4 unspecified atom stereocenters. The van der Waals surface area contributed by atoms with Gasteiger partial charge in [-0.15, -0.1) is 0 Å². The van der Waals surface area contributed by atoms with Crippen LogP contribution in [0.25, 0.3) is 5.57 Å². The number of ether oxygens (including phenoxy) is 3. The Balaban J connectivity index is 1.83. The van der Waals surface area contributed by atoms with Crippen LogP contribution in [-0.2, 0) is 19.0 Å². The number of aliphatic hydroxyl groups is 3. The summed E-state index contributed by atoms with van der Waals surface area (Å²) >= 11 is 0. The van der Waals surface area contributed by atoms with Gasteiger partial charge < -0.3 is 29.5 Å². The molecule has 1 aromatic carbocycles. The summed E-state index contributed by atoms with van der Waals surface area (Å²) in [5.41, 5.74) is 1.39. The van der Waals surface area contributed by atoms with Crippen LogP contribution in [0.4, 0.5) is 0 Å². The lowest BCUT2D eigenvalue weighted by Crippen LogP contribution is -2.57. The second kappa shape index (κ2) is 7.63. The number of carbonyl (C=O) groups is 1. The van der Waals surface area contributed by atoms with Crippen molar-refractivity contribution in [3.63, 3.8) is 0 Å². The molecule has 0 radical (unpaired) electrons. The van der Waals surface area contributed by atoms with Crippen molar-refractivity contribution >= 4 is 11.5 Å². The first-order valence-electron chi connectivity index (χ1n) is 8.16. The molecule has 6 atom stereocenters. The minimum atomic E-state index is -1.20. The highest BCUT2D eigenvalue weighted by Gasteiger charge is 2.51. The van der Waals surface area contributed by atoms with Crippen molar-refractivity contribution in [3.8, 4) is 0 Å². The third-order valence-electron chi connectivity index (χ3n) is 4.62. The molecule has 2 aliphatic rings. The number of hydrogen-bond acceptors (Lipinski definition) is 7. The van der Waals surface area contributed by atoms with E-state index in [1.807, 2.05) is 30.3 Å². The Morgan fingerprint density at radius 1 is 1.20 bits per heavy atom. The van der Waals surface area contributed by atoms with E-state index in [4.69, 9.17) is 14.2 Å². The fourth-order valence-corrected chi connectivity index (χ4v) is 3.28. The second-order valence-electron chi connectivity index (χ2n) is 6.25. The summed E-state index contributed by atoms with van der Waals surface area (Å²) in [7, 11) is 1.29.